The Balaban J connectivity index is 2.14. The van der Waals surface area contributed by atoms with Crippen LogP contribution in [0, 0.1) is 12.8 Å². The fraction of sp³-hybridized carbons (Fsp3) is 0.400. The van der Waals surface area contributed by atoms with Gasteiger partial charge in [-0.15, -0.1) is 0 Å². The van der Waals surface area contributed by atoms with Gasteiger partial charge in [0.05, 0.1) is 5.69 Å². The van der Waals surface area contributed by atoms with Gasteiger partial charge in [-0.05, 0) is 43.9 Å². The Bertz CT molecular complexity index is 491. The molecule has 1 aromatic rings. The molecular weight excluding hydrogens is 226 g/mol. The fourth-order valence-electron chi connectivity index (χ4n) is 2.24. The molecule has 0 bridgehead atoms. The van der Waals surface area contributed by atoms with Gasteiger partial charge in [0.1, 0.15) is 5.75 Å². The van der Waals surface area contributed by atoms with E-state index < -0.39 is 0 Å². The Hall–Kier alpha value is -1.77. The van der Waals surface area contributed by atoms with E-state index in [4.69, 9.17) is 0 Å². The van der Waals surface area contributed by atoms with Crippen molar-refractivity contribution in [1.82, 2.24) is 0 Å². The van der Waals surface area contributed by atoms with Crippen LogP contribution in [0.5, 0.6) is 5.75 Å². The van der Waals surface area contributed by atoms with Crippen LogP contribution in [0.2, 0.25) is 0 Å². The summed E-state index contributed by atoms with van der Waals surface area (Å²) in [5, 5.41) is 12.7. The number of Topliss-reactive ketones (excluding diaryl/α,β-unsaturated/α-hetero) is 1. The third-order valence-electron chi connectivity index (χ3n) is 3.40. The Morgan fingerprint density at radius 1 is 1.44 bits per heavy atom. The number of phenols is 1. The zero-order valence-corrected chi connectivity index (χ0v) is 10.9. The number of anilines is 1. The molecule has 0 radical (unpaired) electrons. The number of carbonyl (C=O) groups is 1. The number of hydrogen-bond acceptors (Lipinski definition) is 3. The second-order valence-electron chi connectivity index (χ2n) is 4.99. The first-order valence-electron chi connectivity index (χ1n) is 6.37. The van der Waals surface area contributed by atoms with E-state index in [1.54, 1.807) is 12.3 Å². The number of aryl methyl sites for hydroxylation is 1. The lowest BCUT2D eigenvalue weighted by atomic mass is 9.86. The molecule has 0 aliphatic heterocycles. The zero-order chi connectivity index (χ0) is 13.1. The van der Waals surface area contributed by atoms with E-state index in [1.165, 1.54) is 0 Å². The number of phenolic OH excluding ortho intramolecular Hbond substituents is 1. The van der Waals surface area contributed by atoms with Crippen molar-refractivity contribution in [3.05, 3.63) is 35.5 Å². The van der Waals surface area contributed by atoms with E-state index in [9.17, 15) is 9.90 Å². The molecule has 18 heavy (non-hydrogen) atoms. The molecule has 2 rings (SSSR count). The number of hydrogen-bond donors (Lipinski definition) is 2. The Morgan fingerprint density at radius 2 is 2.22 bits per heavy atom. The van der Waals surface area contributed by atoms with E-state index in [-0.39, 0.29) is 17.5 Å². The first kappa shape index (κ1) is 12.7. The minimum atomic E-state index is 0.123. The SMILES string of the molecule is Cc1ccc(O)c(N/C=C2/CCC[C@H](C)C2=O)c1. The van der Waals surface area contributed by atoms with Crippen LogP contribution in [-0.2, 0) is 4.79 Å². The maximum Gasteiger partial charge on any atom is 0.163 e. The van der Waals surface area contributed by atoms with Crippen LogP contribution in [0.25, 0.3) is 0 Å². The number of aromatic hydroxyl groups is 1. The van der Waals surface area contributed by atoms with Crippen molar-refractivity contribution >= 4 is 11.5 Å². The standard InChI is InChI=1S/C15H19NO2/c1-10-6-7-14(17)13(8-10)16-9-12-5-3-4-11(2)15(12)18/h6-9,11,16-17H,3-5H2,1-2H3/b12-9-/t11-/m0/s1. The van der Waals surface area contributed by atoms with E-state index in [0.717, 1.165) is 30.4 Å². The summed E-state index contributed by atoms with van der Waals surface area (Å²) in [5.41, 5.74) is 2.54. The predicted molar refractivity (Wildman–Crippen MR) is 72.6 cm³/mol. The lowest BCUT2D eigenvalue weighted by Crippen LogP contribution is -2.19. The lowest BCUT2D eigenvalue weighted by Gasteiger charge is -2.19. The Labute approximate surface area is 108 Å². The molecule has 1 saturated carbocycles. The van der Waals surface area contributed by atoms with Crippen molar-refractivity contribution < 1.29 is 9.90 Å². The summed E-state index contributed by atoms with van der Waals surface area (Å²) in [5.74, 6) is 0.549. The highest BCUT2D eigenvalue weighted by molar-refractivity contribution is 5.97. The minimum Gasteiger partial charge on any atom is -0.506 e. The van der Waals surface area contributed by atoms with Gasteiger partial charge in [0.2, 0.25) is 0 Å². The summed E-state index contributed by atoms with van der Waals surface area (Å²) in [6.07, 6.45) is 4.60. The van der Waals surface area contributed by atoms with Crippen molar-refractivity contribution in [2.75, 3.05) is 5.32 Å². The summed E-state index contributed by atoms with van der Waals surface area (Å²) >= 11 is 0. The molecule has 3 nitrogen and oxygen atoms in total. The van der Waals surface area contributed by atoms with Crippen LogP contribution in [0.1, 0.15) is 31.7 Å². The molecule has 0 saturated heterocycles. The molecule has 1 fully saturated rings. The number of carbonyl (C=O) groups excluding carboxylic acids is 1. The van der Waals surface area contributed by atoms with Gasteiger partial charge in [0, 0.05) is 17.7 Å². The van der Waals surface area contributed by atoms with Crippen LogP contribution in [0.4, 0.5) is 5.69 Å². The molecule has 0 amide bonds. The molecule has 0 aromatic heterocycles. The van der Waals surface area contributed by atoms with Crippen molar-refractivity contribution in [1.29, 1.82) is 0 Å². The quantitative estimate of drug-likeness (QED) is 0.620. The zero-order valence-electron chi connectivity index (χ0n) is 10.9. The minimum absolute atomic E-state index is 0.123. The highest BCUT2D eigenvalue weighted by Crippen LogP contribution is 2.27. The van der Waals surface area contributed by atoms with Gasteiger partial charge >= 0.3 is 0 Å². The number of benzene rings is 1. The molecule has 96 valence electrons. The molecule has 1 aromatic carbocycles. The van der Waals surface area contributed by atoms with E-state index >= 15 is 0 Å². The summed E-state index contributed by atoms with van der Waals surface area (Å²) in [4.78, 5) is 11.9. The highest BCUT2D eigenvalue weighted by atomic mass is 16.3. The van der Waals surface area contributed by atoms with Crippen LogP contribution in [0.3, 0.4) is 0 Å². The summed E-state index contributed by atoms with van der Waals surface area (Å²) in [6, 6.07) is 5.37. The molecule has 1 aliphatic rings. The fourth-order valence-corrected chi connectivity index (χ4v) is 2.24. The number of allylic oxidation sites excluding steroid dienone is 1. The van der Waals surface area contributed by atoms with Gasteiger partial charge in [0.15, 0.2) is 5.78 Å². The largest absolute Gasteiger partial charge is 0.506 e. The van der Waals surface area contributed by atoms with Gasteiger partial charge in [-0.2, -0.15) is 0 Å². The molecule has 3 heteroatoms. The molecular formula is C15H19NO2. The van der Waals surface area contributed by atoms with E-state index in [0.29, 0.717) is 5.69 Å². The van der Waals surface area contributed by atoms with Gasteiger partial charge in [-0.1, -0.05) is 13.0 Å². The molecule has 0 unspecified atom stereocenters. The summed E-state index contributed by atoms with van der Waals surface area (Å²) in [6.45, 7) is 3.94. The van der Waals surface area contributed by atoms with Gasteiger partial charge in [0.25, 0.3) is 0 Å². The first-order chi connectivity index (χ1) is 8.58. The third kappa shape index (κ3) is 2.73. The normalized spacial score (nSPS) is 22.2. The number of ketones is 1. The van der Waals surface area contributed by atoms with Crippen LogP contribution < -0.4 is 5.32 Å². The Morgan fingerprint density at radius 3 is 3.00 bits per heavy atom. The number of nitrogens with one attached hydrogen (secondary N) is 1. The topological polar surface area (TPSA) is 49.3 Å². The van der Waals surface area contributed by atoms with Crippen LogP contribution >= 0.6 is 0 Å². The maximum absolute atomic E-state index is 11.9. The first-order valence-corrected chi connectivity index (χ1v) is 6.37. The smallest absolute Gasteiger partial charge is 0.163 e. The molecule has 0 spiro atoms. The van der Waals surface area contributed by atoms with Crippen LogP contribution in [-0.4, -0.2) is 10.9 Å². The monoisotopic (exact) mass is 245 g/mol. The average molecular weight is 245 g/mol. The van der Waals surface area contributed by atoms with Gasteiger partial charge in [-0.3, -0.25) is 4.79 Å². The number of rotatable bonds is 2. The van der Waals surface area contributed by atoms with Crippen molar-refractivity contribution in [3.63, 3.8) is 0 Å². The second-order valence-corrected chi connectivity index (χ2v) is 4.99. The van der Waals surface area contributed by atoms with Crippen molar-refractivity contribution in [2.24, 2.45) is 5.92 Å². The van der Waals surface area contributed by atoms with E-state index in [1.807, 2.05) is 26.0 Å². The molecule has 1 atom stereocenters. The average Bonchev–Trinajstić information content (AvgIpc) is 2.35. The van der Waals surface area contributed by atoms with Crippen molar-refractivity contribution in [3.8, 4) is 5.75 Å². The van der Waals surface area contributed by atoms with E-state index in [2.05, 4.69) is 5.32 Å². The maximum atomic E-state index is 11.9. The van der Waals surface area contributed by atoms with Gasteiger partial charge < -0.3 is 10.4 Å². The molecule has 0 heterocycles. The lowest BCUT2D eigenvalue weighted by molar-refractivity contribution is -0.119. The van der Waals surface area contributed by atoms with Gasteiger partial charge in [-0.25, -0.2) is 0 Å². The summed E-state index contributed by atoms with van der Waals surface area (Å²) in [7, 11) is 0. The van der Waals surface area contributed by atoms with Crippen LogP contribution in [0.15, 0.2) is 30.0 Å². The molecule has 2 N–H and O–H groups in total. The molecule has 1 aliphatic carbocycles. The van der Waals surface area contributed by atoms with Crippen molar-refractivity contribution in [2.45, 2.75) is 33.1 Å². The Kier molecular flexibility index (Phi) is 3.70. The highest BCUT2D eigenvalue weighted by Gasteiger charge is 2.22. The second kappa shape index (κ2) is 5.25. The summed E-state index contributed by atoms with van der Waals surface area (Å²) < 4.78 is 0. The predicted octanol–water partition coefficient (Wildman–Crippen LogP) is 3.39. The third-order valence-corrected chi connectivity index (χ3v) is 3.40.